The fraction of sp³-hybridized carbons (Fsp3) is 0.846. The van der Waals surface area contributed by atoms with Crippen LogP contribution in [0.25, 0.3) is 0 Å². The Morgan fingerprint density at radius 1 is 1.50 bits per heavy atom. The predicted octanol–water partition coefficient (Wildman–Crippen LogP) is 3.37. The molecule has 0 amide bonds. The quantitative estimate of drug-likeness (QED) is 0.678. The Labute approximate surface area is 89.0 Å². The molecule has 0 saturated carbocycles. The van der Waals surface area contributed by atoms with Crippen molar-refractivity contribution in [3.63, 3.8) is 0 Å². The van der Waals surface area contributed by atoms with E-state index in [4.69, 9.17) is 0 Å². The van der Waals surface area contributed by atoms with Crippen molar-refractivity contribution in [1.82, 2.24) is 5.32 Å². The molecule has 1 heteroatoms. The van der Waals surface area contributed by atoms with Gasteiger partial charge in [-0.1, -0.05) is 32.4 Å². The molecular weight excluding hydrogens is 170 g/mol. The molecule has 0 heterocycles. The largest absolute Gasteiger partial charge is 0.319 e. The first-order chi connectivity index (χ1) is 6.65. The highest BCUT2D eigenvalue weighted by Crippen LogP contribution is 2.41. The monoisotopic (exact) mass is 195 g/mol. The second-order valence-corrected chi connectivity index (χ2v) is 4.92. The molecule has 1 nitrogen and oxygen atoms in total. The van der Waals surface area contributed by atoms with Gasteiger partial charge in [0.2, 0.25) is 0 Å². The summed E-state index contributed by atoms with van der Waals surface area (Å²) in [7, 11) is 2.08. The van der Waals surface area contributed by atoms with Crippen LogP contribution in [0.1, 0.15) is 46.5 Å². The predicted molar refractivity (Wildman–Crippen MR) is 63.4 cm³/mol. The molecule has 0 spiro atoms. The van der Waals surface area contributed by atoms with Crippen molar-refractivity contribution in [2.24, 2.45) is 11.3 Å². The molecule has 2 atom stereocenters. The molecule has 1 aliphatic rings. The van der Waals surface area contributed by atoms with Gasteiger partial charge < -0.3 is 5.32 Å². The van der Waals surface area contributed by atoms with Crippen LogP contribution in [0, 0.1) is 11.3 Å². The molecule has 0 radical (unpaired) electrons. The molecule has 1 rings (SSSR count). The van der Waals surface area contributed by atoms with E-state index in [9.17, 15) is 0 Å². The Bertz CT molecular complexity index is 207. The lowest BCUT2D eigenvalue weighted by molar-refractivity contribution is 0.203. The molecule has 2 unspecified atom stereocenters. The Kier molecular flexibility index (Phi) is 4.18. The molecule has 0 aromatic heterocycles. The minimum atomic E-state index is 0.536. The van der Waals surface area contributed by atoms with E-state index >= 15 is 0 Å². The number of hydrogen-bond donors (Lipinski definition) is 1. The minimum Gasteiger partial charge on any atom is -0.319 e. The summed E-state index contributed by atoms with van der Waals surface area (Å²) in [6, 6.07) is 0. The van der Waals surface area contributed by atoms with Gasteiger partial charge in [-0.2, -0.15) is 0 Å². The van der Waals surface area contributed by atoms with E-state index in [0.717, 1.165) is 5.92 Å². The van der Waals surface area contributed by atoms with Crippen molar-refractivity contribution in [2.75, 3.05) is 13.6 Å². The zero-order valence-electron chi connectivity index (χ0n) is 10.2. The second kappa shape index (κ2) is 4.97. The van der Waals surface area contributed by atoms with Crippen LogP contribution >= 0.6 is 0 Å². The molecule has 0 saturated heterocycles. The lowest BCUT2D eigenvalue weighted by Gasteiger charge is -2.39. The van der Waals surface area contributed by atoms with Crippen LogP contribution in [0.2, 0.25) is 0 Å². The summed E-state index contributed by atoms with van der Waals surface area (Å²) in [6.45, 7) is 8.15. The van der Waals surface area contributed by atoms with Crippen LogP contribution in [0.3, 0.4) is 0 Å². The van der Waals surface area contributed by atoms with Crippen molar-refractivity contribution < 1.29 is 0 Å². The minimum absolute atomic E-state index is 0.536. The zero-order valence-corrected chi connectivity index (χ0v) is 10.2. The first-order valence-corrected chi connectivity index (χ1v) is 6.00. The molecule has 0 aromatic rings. The maximum Gasteiger partial charge on any atom is 0.000799 e. The summed E-state index contributed by atoms with van der Waals surface area (Å²) in [5.74, 6) is 0.770. The second-order valence-electron chi connectivity index (χ2n) is 4.92. The van der Waals surface area contributed by atoms with Gasteiger partial charge >= 0.3 is 0 Å². The van der Waals surface area contributed by atoms with Gasteiger partial charge in [-0.25, -0.2) is 0 Å². The van der Waals surface area contributed by atoms with E-state index in [2.05, 4.69) is 39.2 Å². The van der Waals surface area contributed by atoms with E-state index in [1.165, 1.54) is 32.2 Å². The molecule has 0 bridgehead atoms. The maximum atomic E-state index is 3.37. The van der Waals surface area contributed by atoms with Crippen molar-refractivity contribution in [3.05, 3.63) is 11.6 Å². The van der Waals surface area contributed by atoms with Gasteiger partial charge in [-0.3, -0.25) is 0 Å². The van der Waals surface area contributed by atoms with Gasteiger partial charge in [-0.15, -0.1) is 0 Å². The van der Waals surface area contributed by atoms with E-state index in [-0.39, 0.29) is 0 Å². The molecule has 1 N–H and O–H groups in total. The van der Waals surface area contributed by atoms with Crippen LogP contribution in [-0.4, -0.2) is 13.6 Å². The average Bonchev–Trinajstić information content (AvgIpc) is 2.17. The lowest BCUT2D eigenvalue weighted by Crippen LogP contribution is -2.36. The summed E-state index contributed by atoms with van der Waals surface area (Å²) in [5.41, 5.74) is 2.20. The fourth-order valence-corrected chi connectivity index (χ4v) is 2.90. The Morgan fingerprint density at radius 3 is 2.71 bits per heavy atom. The third-order valence-electron chi connectivity index (χ3n) is 3.63. The van der Waals surface area contributed by atoms with Crippen molar-refractivity contribution in [3.8, 4) is 0 Å². The first-order valence-electron chi connectivity index (χ1n) is 6.00. The number of rotatable bonds is 4. The van der Waals surface area contributed by atoms with Crippen molar-refractivity contribution >= 4 is 0 Å². The zero-order chi connectivity index (χ0) is 10.6. The molecule has 0 aliphatic heterocycles. The van der Waals surface area contributed by atoms with Crippen LogP contribution in [-0.2, 0) is 0 Å². The van der Waals surface area contributed by atoms with Crippen LogP contribution in [0.4, 0.5) is 0 Å². The molecular formula is C13H25N. The van der Waals surface area contributed by atoms with Gasteiger partial charge in [0.05, 0.1) is 0 Å². The Morgan fingerprint density at radius 2 is 2.21 bits per heavy atom. The highest BCUT2D eigenvalue weighted by molar-refractivity contribution is 5.12. The molecule has 0 aromatic carbocycles. The van der Waals surface area contributed by atoms with Crippen LogP contribution in [0.15, 0.2) is 11.6 Å². The highest BCUT2D eigenvalue weighted by atomic mass is 14.8. The van der Waals surface area contributed by atoms with Crippen LogP contribution < -0.4 is 5.32 Å². The first kappa shape index (κ1) is 11.8. The maximum absolute atomic E-state index is 3.37. The summed E-state index contributed by atoms with van der Waals surface area (Å²) >= 11 is 0. The van der Waals surface area contributed by atoms with E-state index in [0.29, 0.717) is 5.41 Å². The molecule has 14 heavy (non-hydrogen) atoms. The summed E-state index contributed by atoms with van der Waals surface area (Å²) in [5, 5.41) is 3.37. The van der Waals surface area contributed by atoms with E-state index in [1.807, 2.05) is 0 Å². The third kappa shape index (κ3) is 2.60. The van der Waals surface area contributed by atoms with Gasteiger partial charge in [0.25, 0.3) is 0 Å². The van der Waals surface area contributed by atoms with Gasteiger partial charge in [-0.05, 0) is 44.1 Å². The molecule has 1 aliphatic carbocycles. The lowest BCUT2D eigenvalue weighted by atomic mass is 9.68. The number of hydrogen-bond acceptors (Lipinski definition) is 1. The topological polar surface area (TPSA) is 12.0 Å². The van der Waals surface area contributed by atoms with Gasteiger partial charge in [0.1, 0.15) is 0 Å². The number of nitrogens with one attached hydrogen (secondary N) is 1. The van der Waals surface area contributed by atoms with Gasteiger partial charge in [0.15, 0.2) is 0 Å². The fourth-order valence-electron chi connectivity index (χ4n) is 2.90. The summed E-state index contributed by atoms with van der Waals surface area (Å²) in [6.07, 6.45) is 7.69. The summed E-state index contributed by atoms with van der Waals surface area (Å²) in [4.78, 5) is 0. The van der Waals surface area contributed by atoms with E-state index in [1.54, 1.807) is 5.57 Å². The number of allylic oxidation sites excluding steroid dienone is 2. The van der Waals surface area contributed by atoms with Crippen LogP contribution in [0.5, 0.6) is 0 Å². The third-order valence-corrected chi connectivity index (χ3v) is 3.63. The molecule has 0 fully saturated rings. The normalized spacial score (nSPS) is 32.9. The molecule has 82 valence electrons. The smallest absolute Gasteiger partial charge is 0.000799 e. The van der Waals surface area contributed by atoms with Crippen molar-refractivity contribution in [1.29, 1.82) is 0 Å². The van der Waals surface area contributed by atoms with Gasteiger partial charge in [0, 0.05) is 6.54 Å². The van der Waals surface area contributed by atoms with E-state index < -0.39 is 0 Å². The highest BCUT2D eigenvalue weighted by Gasteiger charge is 2.32. The van der Waals surface area contributed by atoms with Crippen molar-refractivity contribution in [2.45, 2.75) is 46.5 Å². The Balaban J connectivity index is 2.75. The SMILES string of the molecule is CCC1=CC(C)CC(CC)(CNC)C1. The summed E-state index contributed by atoms with van der Waals surface area (Å²) < 4.78 is 0. The standard InChI is InChI=1S/C13H25N/c1-5-12-7-11(3)8-13(6-2,9-12)10-14-4/h7,11,14H,5-6,8-10H2,1-4H3. The average molecular weight is 195 g/mol. The Hall–Kier alpha value is -0.300.